The van der Waals surface area contributed by atoms with E-state index in [0.717, 1.165) is 64.2 Å². The van der Waals surface area contributed by atoms with Crippen LogP contribution in [0.3, 0.4) is 0 Å². The van der Waals surface area contributed by atoms with Gasteiger partial charge in [-0.3, -0.25) is 4.99 Å². The van der Waals surface area contributed by atoms with Gasteiger partial charge in [-0.2, -0.15) is 0 Å². The Labute approximate surface area is 134 Å². The third-order valence-corrected chi connectivity index (χ3v) is 3.78. The molecule has 0 aromatic rings. The van der Waals surface area contributed by atoms with Crippen molar-refractivity contribution in [3.63, 3.8) is 0 Å². The molecule has 1 aliphatic rings. The van der Waals surface area contributed by atoms with Crippen LogP contribution in [0.1, 0.15) is 45.4 Å². The molecule has 6 nitrogen and oxygen atoms in total. The Morgan fingerprint density at radius 3 is 2.59 bits per heavy atom. The fourth-order valence-corrected chi connectivity index (χ4v) is 2.48. The first-order valence-electron chi connectivity index (χ1n) is 8.55. The van der Waals surface area contributed by atoms with Gasteiger partial charge in [0.25, 0.3) is 0 Å². The molecule has 0 atom stereocenters. The summed E-state index contributed by atoms with van der Waals surface area (Å²) in [6.07, 6.45) is 5.72. The highest BCUT2D eigenvalue weighted by Crippen LogP contribution is 2.18. The van der Waals surface area contributed by atoms with Crippen LogP contribution < -0.4 is 10.6 Å². The summed E-state index contributed by atoms with van der Waals surface area (Å²) >= 11 is 0. The molecule has 0 heterocycles. The number of hydrogen-bond donors (Lipinski definition) is 3. The number of ether oxygens (including phenoxy) is 2. The molecule has 1 fully saturated rings. The van der Waals surface area contributed by atoms with Gasteiger partial charge in [0, 0.05) is 32.8 Å². The van der Waals surface area contributed by atoms with Gasteiger partial charge >= 0.3 is 0 Å². The molecule has 22 heavy (non-hydrogen) atoms. The fraction of sp³-hybridized carbons (Fsp3) is 0.938. The van der Waals surface area contributed by atoms with Gasteiger partial charge in [0.1, 0.15) is 0 Å². The van der Waals surface area contributed by atoms with Crippen molar-refractivity contribution in [2.45, 2.75) is 57.6 Å². The topological polar surface area (TPSA) is 75.1 Å². The van der Waals surface area contributed by atoms with Crippen LogP contribution in [0.15, 0.2) is 4.99 Å². The van der Waals surface area contributed by atoms with Crippen molar-refractivity contribution >= 4 is 5.96 Å². The molecule has 1 aliphatic carbocycles. The second-order valence-corrected chi connectivity index (χ2v) is 5.72. The maximum absolute atomic E-state index is 9.55. The highest BCUT2D eigenvalue weighted by molar-refractivity contribution is 5.80. The average molecular weight is 315 g/mol. The Kier molecular flexibility index (Phi) is 11.1. The second-order valence-electron chi connectivity index (χ2n) is 5.72. The summed E-state index contributed by atoms with van der Waals surface area (Å²) in [5, 5.41) is 16.3. The predicted molar refractivity (Wildman–Crippen MR) is 89.3 cm³/mol. The molecule has 130 valence electrons. The number of nitrogens with one attached hydrogen (secondary N) is 2. The summed E-state index contributed by atoms with van der Waals surface area (Å²) in [6, 6.07) is 0.429. The molecule has 0 spiro atoms. The summed E-state index contributed by atoms with van der Waals surface area (Å²) < 4.78 is 10.4. The zero-order chi connectivity index (χ0) is 16.0. The van der Waals surface area contributed by atoms with Crippen LogP contribution in [-0.2, 0) is 9.47 Å². The van der Waals surface area contributed by atoms with Crippen molar-refractivity contribution in [2.24, 2.45) is 4.99 Å². The zero-order valence-corrected chi connectivity index (χ0v) is 14.1. The van der Waals surface area contributed by atoms with Crippen molar-refractivity contribution in [1.82, 2.24) is 10.6 Å². The number of nitrogens with zero attached hydrogens (tertiary/aromatic N) is 1. The van der Waals surface area contributed by atoms with E-state index < -0.39 is 0 Å². The highest BCUT2D eigenvalue weighted by Gasteiger charge is 2.19. The maximum Gasteiger partial charge on any atom is 0.191 e. The molecule has 0 aromatic heterocycles. The molecule has 0 aliphatic heterocycles. The Bertz CT molecular complexity index is 292. The van der Waals surface area contributed by atoms with E-state index in [1.807, 2.05) is 0 Å². The van der Waals surface area contributed by atoms with Gasteiger partial charge in [-0.05, 0) is 45.4 Å². The van der Waals surface area contributed by atoms with Crippen LogP contribution in [0, 0.1) is 0 Å². The Hall–Kier alpha value is -0.850. The average Bonchev–Trinajstić information content (AvgIpc) is 2.52. The van der Waals surface area contributed by atoms with Gasteiger partial charge in [-0.25, -0.2) is 0 Å². The number of unbranched alkanes of at least 4 members (excludes halogenated alkanes) is 1. The standard InChI is InChI=1S/C16H33N3O3/c1-3-17-16(19-14-6-8-15(20)9-7-14)18-10-4-5-11-22-13-12-21-2/h14-15,20H,3-13H2,1-2H3,(H2,17,18,19). The molecule has 0 radical (unpaired) electrons. The number of aliphatic hydroxyl groups excluding tert-OH is 1. The van der Waals surface area contributed by atoms with Crippen molar-refractivity contribution in [2.75, 3.05) is 40.0 Å². The molecular weight excluding hydrogens is 282 g/mol. The molecule has 0 bridgehead atoms. The molecule has 0 aromatic carbocycles. The zero-order valence-electron chi connectivity index (χ0n) is 14.1. The van der Waals surface area contributed by atoms with E-state index in [-0.39, 0.29) is 6.10 Å². The summed E-state index contributed by atoms with van der Waals surface area (Å²) in [4.78, 5) is 4.61. The van der Waals surface area contributed by atoms with Crippen molar-refractivity contribution < 1.29 is 14.6 Å². The largest absolute Gasteiger partial charge is 0.393 e. The lowest BCUT2D eigenvalue weighted by molar-refractivity contribution is 0.0690. The first-order chi connectivity index (χ1) is 10.8. The fourth-order valence-electron chi connectivity index (χ4n) is 2.48. The molecule has 0 amide bonds. The van der Waals surface area contributed by atoms with Gasteiger partial charge in [0.15, 0.2) is 5.96 Å². The molecule has 0 saturated heterocycles. The van der Waals surface area contributed by atoms with E-state index in [1.165, 1.54) is 0 Å². The summed E-state index contributed by atoms with van der Waals surface area (Å²) in [6.45, 7) is 5.83. The lowest BCUT2D eigenvalue weighted by atomic mass is 9.93. The smallest absolute Gasteiger partial charge is 0.191 e. The number of rotatable bonds is 10. The van der Waals surface area contributed by atoms with E-state index in [9.17, 15) is 5.11 Å². The quantitative estimate of drug-likeness (QED) is 0.322. The van der Waals surface area contributed by atoms with Gasteiger partial charge < -0.3 is 25.2 Å². The van der Waals surface area contributed by atoms with E-state index in [4.69, 9.17) is 9.47 Å². The van der Waals surface area contributed by atoms with E-state index in [1.54, 1.807) is 7.11 Å². The second kappa shape index (κ2) is 12.7. The van der Waals surface area contributed by atoms with Gasteiger partial charge in [-0.15, -0.1) is 0 Å². The minimum Gasteiger partial charge on any atom is -0.393 e. The normalized spacial score (nSPS) is 22.6. The Balaban J connectivity index is 2.15. The third-order valence-electron chi connectivity index (χ3n) is 3.78. The number of aliphatic hydroxyl groups is 1. The monoisotopic (exact) mass is 315 g/mol. The Morgan fingerprint density at radius 1 is 1.14 bits per heavy atom. The van der Waals surface area contributed by atoms with Crippen molar-refractivity contribution in [3.8, 4) is 0 Å². The minimum absolute atomic E-state index is 0.115. The van der Waals surface area contributed by atoms with Crippen LogP contribution >= 0.6 is 0 Å². The first-order valence-corrected chi connectivity index (χ1v) is 8.55. The molecular formula is C16H33N3O3. The van der Waals surface area contributed by atoms with Crippen LogP contribution in [0.4, 0.5) is 0 Å². The molecule has 1 saturated carbocycles. The maximum atomic E-state index is 9.55. The number of methoxy groups -OCH3 is 1. The Morgan fingerprint density at radius 2 is 1.91 bits per heavy atom. The van der Waals surface area contributed by atoms with Gasteiger partial charge in [0.05, 0.1) is 19.3 Å². The van der Waals surface area contributed by atoms with Gasteiger partial charge in [-0.1, -0.05) is 0 Å². The lowest BCUT2D eigenvalue weighted by Gasteiger charge is -2.27. The van der Waals surface area contributed by atoms with E-state index in [2.05, 4.69) is 22.5 Å². The SMILES string of the molecule is CCNC(=NCCCCOCCOC)NC1CCC(O)CC1. The van der Waals surface area contributed by atoms with Crippen LogP contribution in [0.2, 0.25) is 0 Å². The molecule has 0 unspecified atom stereocenters. The van der Waals surface area contributed by atoms with Crippen molar-refractivity contribution in [3.05, 3.63) is 0 Å². The van der Waals surface area contributed by atoms with Gasteiger partial charge in [0.2, 0.25) is 0 Å². The number of hydrogen-bond acceptors (Lipinski definition) is 4. The highest BCUT2D eigenvalue weighted by atomic mass is 16.5. The van der Waals surface area contributed by atoms with Crippen LogP contribution in [0.5, 0.6) is 0 Å². The molecule has 6 heteroatoms. The van der Waals surface area contributed by atoms with Crippen molar-refractivity contribution in [1.29, 1.82) is 0 Å². The van der Waals surface area contributed by atoms with E-state index >= 15 is 0 Å². The molecule has 3 N–H and O–H groups in total. The molecule has 1 rings (SSSR count). The van der Waals surface area contributed by atoms with Crippen LogP contribution in [-0.4, -0.2) is 63.2 Å². The first kappa shape index (κ1) is 19.2. The minimum atomic E-state index is -0.115. The van der Waals surface area contributed by atoms with Crippen LogP contribution in [0.25, 0.3) is 0 Å². The summed E-state index contributed by atoms with van der Waals surface area (Å²) in [5.41, 5.74) is 0. The number of aliphatic imine (C=N–C) groups is 1. The lowest BCUT2D eigenvalue weighted by Crippen LogP contribution is -2.45. The van der Waals surface area contributed by atoms with E-state index in [0.29, 0.717) is 19.3 Å². The summed E-state index contributed by atoms with van der Waals surface area (Å²) in [7, 11) is 1.68. The third kappa shape index (κ3) is 9.23. The predicted octanol–water partition coefficient (Wildman–Crippen LogP) is 1.29. The number of guanidine groups is 1. The summed E-state index contributed by atoms with van der Waals surface area (Å²) in [5.74, 6) is 0.893.